The molecule has 1 aromatic heterocycles. The van der Waals surface area contributed by atoms with Gasteiger partial charge in [-0.2, -0.15) is 0 Å². The first kappa shape index (κ1) is 15.7. The minimum absolute atomic E-state index is 0.0198. The summed E-state index contributed by atoms with van der Waals surface area (Å²) >= 11 is 0. The number of hydrogen-bond donors (Lipinski definition) is 1. The second-order valence-electron chi connectivity index (χ2n) is 5.52. The minimum Gasteiger partial charge on any atom is -0.480 e. The molecule has 1 unspecified atom stereocenters. The molecule has 3 rings (SSSR count). The van der Waals surface area contributed by atoms with E-state index >= 15 is 0 Å². The maximum atomic E-state index is 12.4. The van der Waals surface area contributed by atoms with E-state index in [0.29, 0.717) is 18.7 Å². The third-order valence-corrected chi connectivity index (χ3v) is 5.81. The lowest BCUT2D eigenvalue weighted by atomic mass is 10.2. The van der Waals surface area contributed by atoms with Crippen molar-refractivity contribution in [1.82, 2.24) is 14.6 Å². The van der Waals surface area contributed by atoms with Gasteiger partial charge in [-0.25, -0.2) is 22.1 Å². The van der Waals surface area contributed by atoms with Gasteiger partial charge in [0.05, 0.1) is 5.69 Å². The number of hydrogen-bond acceptors (Lipinski definition) is 7. The summed E-state index contributed by atoms with van der Waals surface area (Å²) in [6.07, 6.45) is 1.27. The zero-order chi connectivity index (χ0) is 16.8. The number of benzene rings is 1. The number of nitrogens with zero attached hydrogens (tertiary/aromatic N) is 4. The molecule has 10 heteroatoms. The third-order valence-electron chi connectivity index (χ3n) is 3.96. The summed E-state index contributed by atoms with van der Waals surface area (Å²) in [6.45, 7) is 0.554. The highest BCUT2D eigenvalue weighted by Crippen LogP contribution is 2.34. The van der Waals surface area contributed by atoms with Crippen LogP contribution in [0.2, 0.25) is 0 Å². The topological polar surface area (TPSA) is 117 Å². The number of fused-ring (bicyclic) bond motifs is 1. The summed E-state index contributed by atoms with van der Waals surface area (Å²) in [7, 11) is -0.867. The van der Waals surface area contributed by atoms with Crippen molar-refractivity contribution in [3.05, 3.63) is 12.1 Å². The average Bonchev–Trinajstić information content (AvgIpc) is 3.14. The van der Waals surface area contributed by atoms with Crippen LogP contribution in [-0.4, -0.2) is 60.8 Å². The highest BCUT2D eigenvalue weighted by atomic mass is 32.2. The van der Waals surface area contributed by atoms with Gasteiger partial charge in [0.25, 0.3) is 0 Å². The van der Waals surface area contributed by atoms with Gasteiger partial charge in [0.1, 0.15) is 10.9 Å². The van der Waals surface area contributed by atoms with Crippen molar-refractivity contribution in [2.75, 3.05) is 25.5 Å². The third kappa shape index (κ3) is 2.43. The van der Waals surface area contributed by atoms with Gasteiger partial charge in [-0.3, -0.25) is 0 Å². The second kappa shape index (κ2) is 5.46. The Hall–Kier alpha value is -2.20. The summed E-state index contributed by atoms with van der Waals surface area (Å²) in [5.41, 5.74) is 0.872. The van der Waals surface area contributed by atoms with Crippen LogP contribution in [0.5, 0.6) is 0 Å². The van der Waals surface area contributed by atoms with E-state index in [2.05, 4.69) is 10.3 Å². The van der Waals surface area contributed by atoms with Crippen LogP contribution in [0.25, 0.3) is 11.0 Å². The quantitative estimate of drug-likeness (QED) is 0.856. The predicted octanol–water partition coefficient (Wildman–Crippen LogP) is 0.527. The van der Waals surface area contributed by atoms with Crippen molar-refractivity contribution in [2.24, 2.45) is 0 Å². The van der Waals surface area contributed by atoms with E-state index < -0.39 is 22.0 Å². The molecule has 2 heterocycles. The molecule has 0 aliphatic carbocycles. The van der Waals surface area contributed by atoms with Crippen molar-refractivity contribution in [3.8, 4) is 0 Å². The molecule has 0 saturated carbocycles. The van der Waals surface area contributed by atoms with Crippen LogP contribution in [0.4, 0.5) is 5.69 Å². The largest absolute Gasteiger partial charge is 0.480 e. The van der Waals surface area contributed by atoms with Crippen LogP contribution in [0.15, 0.2) is 21.7 Å². The van der Waals surface area contributed by atoms with Gasteiger partial charge >= 0.3 is 5.97 Å². The Morgan fingerprint density at radius 2 is 2.04 bits per heavy atom. The van der Waals surface area contributed by atoms with Crippen LogP contribution in [0.1, 0.15) is 12.8 Å². The Kier molecular flexibility index (Phi) is 3.72. The molecule has 1 atom stereocenters. The summed E-state index contributed by atoms with van der Waals surface area (Å²) < 4.78 is 30.5. The van der Waals surface area contributed by atoms with E-state index in [1.54, 1.807) is 11.0 Å². The van der Waals surface area contributed by atoms with Gasteiger partial charge in [0.15, 0.2) is 11.0 Å². The number of aliphatic carboxylic acids is 1. The molecular weight excluding hydrogens is 324 g/mol. The van der Waals surface area contributed by atoms with Crippen molar-refractivity contribution >= 4 is 32.7 Å². The Labute approximate surface area is 132 Å². The van der Waals surface area contributed by atoms with Crippen molar-refractivity contribution in [3.63, 3.8) is 0 Å². The number of carboxylic acids is 1. The summed E-state index contributed by atoms with van der Waals surface area (Å²) in [5, 5.41) is 16.8. The number of carboxylic acid groups (broad SMARTS) is 1. The molecule has 23 heavy (non-hydrogen) atoms. The summed E-state index contributed by atoms with van der Waals surface area (Å²) in [5.74, 6) is -0.919. The van der Waals surface area contributed by atoms with Gasteiger partial charge in [-0.15, -0.1) is 0 Å². The van der Waals surface area contributed by atoms with Crippen LogP contribution in [-0.2, 0) is 14.8 Å². The fraction of sp³-hybridized carbons (Fsp3) is 0.462. The van der Waals surface area contributed by atoms with Gasteiger partial charge in [0.2, 0.25) is 10.0 Å². The van der Waals surface area contributed by atoms with E-state index in [4.69, 9.17) is 4.63 Å². The highest BCUT2D eigenvalue weighted by molar-refractivity contribution is 7.89. The Balaban J connectivity index is 2.16. The lowest BCUT2D eigenvalue weighted by Gasteiger charge is -2.24. The SMILES string of the molecule is CN(C)S(=O)(=O)c1ccc(N2CCCC2C(=O)O)c2nonc12. The van der Waals surface area contributed by atoms with Crippen LogP contribution < -0.4 is 4.90 Å². The number of aromatic nitrogens is 2. The van der Waals surface area contributed by atoms with Crippen LogP contribution >= 0.6 is 0 Å². The zero-order valence-electron chi connectivity index (χ0n) is 12.6. The summed E-state index contributed by atoms with van der Waals surface area (Å²) in [6, 6.07) is 2.31. The molecule has 1 aromatic carbocycles. The molecule has 9 nitrogen and oxygen atoms in total. The van der Waals surface area contributed by atoms with Gasteiger partial charge in [0, 0.05) is 20.6 Å². The van der Waals surface area contributed by atoms with E-state index in [1.807, 2.05) is 0 Å². The number of rotatable bonds is 4. The molecular formula is C13H16N4O5S. The molecule has 124 valence electrons. The normalized spacial score (nSPS) is 18.9. The molecule has 0 bridgehead atoms. The van der Waals surface area contributed by atoms with Crippen molar-refractivity contribution in [1.29, 1.82) is 0 Å². The van der Waals surface area contributed by atoms with E-state index in [0.717, 1.165) is 10.7 Å². The first-order chi connectivity index (χ1) is 10.8. The summed E-state index contributed by atoms with van der Waals surface area (Å²) in [4.78, 5) is 13.0. The lowest BCUT2D eigenvalue weighted by molar-refractivity contribution is -0.138. The molecule has 2 aromatic rings. The minimum atomic E-state index is -3.71. The zero-order valence-corrected chi connectivity index (χ0v) is 13.4. The van der Waals surface area contributed by atoms with Gasteiger partial charge < -0.3 is 10.0 Å². The lowest BCUT2D eigenvalue weighted by Crippen LogP contribution is -2.36. The molecule has 1 saturated heterocycles. The fourth-order valence-electron chi connectivity index (χ4n) is 2.78. The molecule has 0 radical (unpaired) electrons. The van der Waals surface area contributed by atoms with Gasteiger partial charge in [-0.05, 0) is 35.3 Å². The molecule has 0 spiro atoms. The number of anilines is 1. The first-order valence-electron chi connectivity index (χ1n) is 7.01. The number of sulfonamides is 1. The van der Waals surface area contributed by atoms with Crippen LogP contribution in [0.3, 0.4) is 0 Å². The molecule has 1 aliphatic rings. The van der Waals surface area contributed by atoms with Crippen LogP contribution in [0, 0.1) is 0 Å². The Bertz CT molecular complexity index is 860. The van der Waals surface area contributed by atoms with E-state index in [1.165, 1.54) is 20.2 Å². The Morgan fingerprint density at radius 3 is 2.70 bits per heavy atom. The number of carbonyl (C=O) groups is 1. The average molecular weight is 340 g/mol. The molecule has 1 N–H and O–H groups in total. The fourth-order valence-corrected chi connectivity index (χ4v) is 3.79. The molecule has 1 aliphatic heterocycles. The Morgan fingerprint density at radius 1 is 1.35 bits per heavy atom. The molecule has 0 amide bonds. The maximum Gasteiger partial charge on any atom is 0.326 e. The molecule has 1 fully saturated rings. The van der Waals surface area contributed by atoms with Crippen molar-refractivity contribution < 1.29 is 22.9 Å². The smallest absolute Gasteiger partial charge is 0.326 e. The predicted molar refractivity (Wildman–Crippen MR) is 80.7 cm³/mol. The standard InChI is InChI=1S/C13H16N4O5S/c1-16(2)23(20,21)10-6-5-8(11-12(10)15-22-14-11)17-7-3-4-9(17)13(18)19/h5-6,9H,3-4,7H2,1-2H3,(H,18,19). The maximum absolute atomic E-state index is 12.4. The van der Waals surface area contributed by atoms with Crippen molar-refractivity contribution in [2.45, 2.75) is 23.8 Å². The van der Waals surface area contributed by atoms with Gasteiger partial charge in [-0.1, -0.05) is 0 Å². The monoisotopic (exact) mass is 340 g/mol. The van der Waals surface area contributed by atoms with E-state index in [9.17, 15) is 18.3 Å². The van der Waals surface area contributed by atoms with E-state index in [-0.39, 0.29) is 15.9 Å². The second-order valence-corrected chi connectivity index (χ2v) is 7.64. The first-order valence-corrected chi connectivity index (χ1v) is 8.45. The highest BCUT2D eigenvalue weighted by Gasteiger charge is 2.34.